The molecule has 0 spiro atoms. The van der Waals surface area contributed by atoms with Crippen LogP contribution in [0.25, 0.3) is 0 Å². The van der Waals surface area contributed by atoms with E-state index in [9.17, 15) is 9.59 Å². The molecule has 0 bridgehead atoms. The fourth-order valence-corrected chi connectivity index (χ4v) is 1.92. The summed E-state index contributed by atoms with van der Waals surface area (Å²) in [5.41, 5.74) is 12.5. The van der Waals surface area contributed by atoms with E-state index in [0.717, 1.165) is 0 Å². The molecule has 0 saturated carbocycles. The molecule has 6 heteroatoms. The van der Waals surface area contributed by atoms with Crippen molar-refractivity contribution in [3.8, 4) is 0 Å². The number of nitrogens with zero attached hydrogens (tertiary/aromatic N) is 1. The van der Waals surface area contributed by atoms with Crippen LogP contribution in [0.5, 0.6) is 0 Å². The molecule has 1 rings (SSSR count). The van der Waals surface area contributed by atoms with Crippen LogP contribution in [0.2, 0.25) is 0 Å². The van der Waals surface area contributed by atoms with E-state index in [-0.39, 0.29) is 5.91 Å². The Morgan fingerprint density at radius 2 is 1.90 bits per heavy atom. The summed E-state index contributed by atoms with van der Waals surface area (Å²) in [7, 11) is 0. The van der Waals surface area contributed by atoms with Crippen LogP contribution in [0.4, 0.5) is 11.4 Å². The number of carbonyl (C=O) groups is 2. The fraction of sp³-hybridized carbons (Fsp3) is 0.429. The Morgan fingerprint density at radius 3 is 2.40 bits per heavy atom. The molecule has 2 amide bonds. The summed E-state index contributed by atoms with van der Waals surface area (Å²) in [5.74, 6) is -0.408. The molecule has 20 heavy (non-hydrogen) atoms. The van der Waals surface area contributed by atoms with Gasteiger partial charge in [-0.25, -0.2) is 0 Å². The number of rotatable bonds is 7. The SMILES string of the molecule is CCN(CC)C(=O)CCNc1ccc(C(N)=O)cc1N. The molecule has 0 radical (unpaired) electrons. The Hall–Kier alpha value is -2.24. The van der Waals surface area contributed by atoms with Crippen LogP contribution in [-0.4, -0.2) is 36.3 Å². The van der Waals surface area contributed by atoms with Gasteiger partial charge in [-0.2, -0.15) is 0 Å². The van der Waals surface area contributed by atoms with E-state index >= 15 is 0 Å². The zero-order valence-electron chi connectivity index (χ0n) is 12.0. The maximum Gasteiger partial charge on any atom is 0.248 e. The minimum atomic E-state index is -0.514. The largest absolute Gasteiger partial charge is 0.397 e. The van der Waals surface area contributed by atoms with E-state index in [0.29, 0.717) is 43.0 Å². The van der Waals surface area contributed by atoms with Gasteiger partial charge in [0, 0.05) is 31.6 Å². The zero-order valence-corrected chi connectivity index (χ0v) is 12.0. The maximum atomic E-state index is 11.8. The van der Waals surface area contributed by atoms with Crippen molar-refractivity contribution in [3.05, 3.63) is 23.8 Å². The third-order valence-corrected chi connectivity index (χ3v) is 3.11. The number of hydrogen-bond acceptors (Lipinski definition) is 4. The molecule has 0 saturated heterocycles. The molecule has 0 aliphatic heterocycles. The summed E-state index contributed by atoms with van der Waals surface area (Å²) >= 11 is 0. The summed E-state index contributed by atoms with van der Waals surface area (Å²) in [4.78, 5) is 24.6. The van der Waals surface area contributed by atoms with Crippen LogP contribution in [0.3, 0.4) is 0 Å². The van der Waals surface area contributed by atoms with Gasteiger partial charge in [0.25, 0.3) is 0 Å². The van der Waals surface area contributed by atoms with Gasteiger partial charge in [-0.3, -0.25) is 9.59 Å². The fourth-order valence-electron chi connectivity index (χ4n) is 1.92. The summed E-state index contributed by atoms with van der Waals surface area (Å²) in [5, 5.41) is 3.09. The van der Waals surface area contributed by atoms with E-state index < -0.39 is 5.91 Å². The minimum absolute atomic E-state index is 0.106. The van der Waals surface area contributed by atoms with Gasteiger partial charge in [0.1, 0.15) is 0 Å². The van der Waals surface area contributed by atoms with Gasteiger partial charge < -0.3 is 21.7 Å². The molecule has 0 fully saturated rings. The van der Waals surface area contributed by atoms with Crippen molar-refractivity contribution in [1.29, 1.82) is 0 Å². The summed E-state index contributed by atoms with van der Waals surface area (Å²) < 4.78 is 0. The van der Waals surface area contributed by atoms with Crippen LogP contribution in [-0.2, 0) is 4.79 Å². The van der Waals surface area contributed by atoms with Gasteiger partial charge in [0.15, 0.2) is 0 Å². The molecule has 0 aromatic heterocycles. The molecule has 0 unspecified atom stereocenters. The van der Waals surface area contributed by atoms with Crippen molar-refractivity contribution in [1.82, 2.24) is 4.90 Å². The Labute approximate surface area is 119 Å². The quantitative estimate of drug-likeness (QED) is 0.648. The van der Waals surface area contributed by atoms with Gasteiger partial charge in [0.2, 0.25) is 11.8 Å². The lowest BCUT2D eigenvalue weighted by molar-refractivity contribution is -0.130. The van der Waals surface area contributed by atoms with Crippen molar-refractivity contribution < 1.29 is 9.59 Å². The Bertz CT molecular complexity index is 484. The first-order valence-corrected chi connectivity index (χ1v) is 6.70. The second kappa shape index (κ2) is 7.37. The lowest BCUT2D eigenvalue weighted by atomic mass is 10.1. The van der Waals surface area contributed by atoms with Crippen molar-refractivity contribution in [3.63, 3.8) is 0 Å². The molecule has 110 valence electrons. The second-order valence-electron chi connectivity index (χ2n) is 4.41. The topological polar surface area (TPSA) is 101 Å². The molecule has 0 aliphatic carbocycles. The molecule has 0 atom stereocenters. The number of anilines is 2. The van der Waals surface area contributed by atoms with E-state index in [2.05, 4.69) is 5.32 Å². The number of amides is 2. The summed E-state index contributed by atoms with van der Waals surface area (Å²) in [6, 6.07) is 4.82. The number of hydrogen-bond donors (Lipinski definition) is 3. The molecule has 5 N–H and O–H groups in total. The highest BCUT2D eigenvalue weighted by atomic mass is 16.2. The van der Waals surface area contributed by atoms with E-state index in [4.69, 9.17) is 11.5 Å². The normalized spacial score (nSPS) is 10.1. The van der Waals surface area contributed by atoms with Crippen LogP contribution >= 0.6 is 0 Å². The van der Waals surface area contributed by atoms with Gasteiger partial charge in [-0.05, 0) is 32.0 Å². The molecular weight excluding hydrogens is 256 g/mol. The van der Waals surface area contributed by atoms with Crippen molar-refractivity contribution in [2.24, 2.45) is 5.73 Å². The van der Waals surface area contributed by atoms with Crippen molar-refractivity contribution in [2.45, 2.75) is 20.3 Å². The highest BCUT2D eigenvalue weighted by molar-refractivity contribution is 5.94. The Kier molecular flexibility index (Phi) is 5.83. The van der Waals surface area contributed by atoms with Gasteiger partial charge in [-0.1, -0.05) is 0 Å². The minimum Gasteiger partial charge on any atom is -0.397 e. The number of primary amides is 1. The van der Waals surface area contributed by atoms with E-state index in [1.807, 2.05) is 13.8 Å². The van der Waals surface area contributed by atoms with E-state index in [1.54, 1.807) is 17.0 Å². The molecule has 0 heterocycles. The third kappa shape index (κ3) is 4.15. The molecule has 6 nitrogen and oxygen atoms in total. The van der Waals surface area contributed by atoms with Crippen LogP contribution in [0, 0.1) is 0 Å². The highest BCUT2D eigenvalue weighted by Gasteiger charge is 2.09. The average Bonchev–Trinajstić information content (AvgIpc) is 2.41. The number of nitrogens with one attached hydrogen (secondary N) is 1. The van der Waals surface area contributed by atoms with Crippen molar-refractivity contribution >= 4 is 23.2 Å². The summed E-state index contributed by atoms with van der Waals surface area (Å²) in [6.45, 7) is 5.83. The average molecular weight is 278 g/mol. The number of nitrogen functional groups attached to an aromatic ring is 1. The molecular formula is C14H22N4O2. The predicted octanol–water partition coefficient (Wildman–Crippen LogP) is 1.04. The lowest BCUT2D eigenvalue weighted by Crippen LogP contribution is -2.31. The second-order valence-corrected chi connectivity index (χ2v) is 4.41. The number of carbonyl (C=O) groups excluding carboxylic acids is 2. The smallest absolute Gasteiger partial charge is 0.248 e. The Balaban J connectivity index is 2.54. The first-order chi connectivity index (χ1) is 9.49. The van der Waals surface area contributed by atoms with Crippen molar-refractivity contribution in [2.75, 3.05) is 30.7 Å². The van der Waals surface area contributed by atoms with Gasteiger partial charge >= 0.3 is 0 Å². The first kappa shape index (κ1) is 15.8. The van der Waals surface area contributed by atoms with Crippen LogP contribution in [0.1, 0.15) is 30.6 Å². The zero-order chi connectivity index (χ0) is 15.1. The highest BCUT2D eigenvalue weighted by Crippen LogP contribution is 2.19. The predicted molar refractivity (Wildman–Crippen MR) is 80.4 cm³/mol. The van der Waals surface area contributed by atoms with Gasteiger partial charge in [-0.15, -0.1) is 0 Å². The standard InChI is InChI=1S/C14H22N4O2/c1-3-18(4-2)13(19)7-8-17-12-6-5-10(14(16)20)9-11(12)15/h5-6,9,17H,3-4,7-8,15H2,1-2H3,(H2,16,20). The monoisotopic (exact) mass is 278 g/mol. The maximum absolute atomic E-state index is 11.8. The van der Waals surface area contributed by atoms with Crippen LogP contribution in [0.15, 0.2) is 18.2 Å². The van der Waals surface area contributed by atoms with Gasteiger partial charge in [0.05, 0.1) is 11.4 Å². The lowest BCUT2D eigenvalue weighted by Gasteiger charge is -2.19. The number of nitrogens with two attached hydrogens (primary N) is 2. The van der Waals surface area contributed by atoms with E-state index in [1.165, 1.54) is 6.07 Å². The third-order valence-electron chi connectivity index (χ3n) is 3.11. The summed E-state index contributed by atoms with van der Waals surface area (Å²) in [6.07, 6.45) is 0.401. The first-order valence-electron chi connectivity index (χ1n) is 6.70. The Morgan fingerprint density at radius 1 is 1.25 bits per heavy atom. The number of benzene rings is 1. The molecule has 0 aliphatic rings. The molecule has 1 aromatic carbocycles. The molecule has 1 aromatic rings. The van der Waals surface area contributed by atoms with Crippen LogP contribution < -0.4 is 16.8 Å².